The van der Waals surface area contributed by atoms with Crippen LogP contribution in [-0.2, 0) is 11.0 Å². The Morgan fingerprint density at radius 2 is 1.73 bits per heavy atom. The van der Waals surface area contributed by atoms with Crippen LogP contribution in [0, 0.1) is 0 Å². The van der Waals surface area contributed by atoms with Gasteiger partial charge in [-0.05, 0) is 37.3 Å². The Labute approximate surface area is 148 Å². The number of nitrogens with one attached hydrogen (secondary N) is 3. The summed E-state index contributed by atoms with van der Waals surface area (Å²) in [5, 5.41) is 7.84. The molecule has 2 aromatic carbocycles. The van der Waals surface area contributed by atoms with Crippen LogP contribution in [0.15, 0.2) is 48.5 Å². The van der Waals surface area contributed by atoms with Gasteiger partial charge in [-0.25, -0.2) is 0 Å². The van der Waals surface area contributed by atoms with Gasteiger partial charge in [0.2, 0.25) is 5.91 Å². The molecule has 2 amide bonds. The summed E-state index contributed by atoms with van der Waals surface area (Å²) in [6.07, 6.45) is -4.46. The normalized spacial score (nSPS) is 10.9. The van der Waals surface area contributed by atoms with Crippen LogP contribution in [0.2, 0.25) is 0 Å². The molecular weight excluding hydrogens is 347 g/mol. The maximum Gasteiger partial charge on any atom is 0.416 e. The van der Waals surface area contributed by atoms with Crippen LogP contribution in [0.5, 0.6) is 0 Å². The first-order valence-electron chi connectivity index (χ1n) is 7.89. The minimum Gasteiger partial charge on any atom is -0.355 e. The molecule has 2 rings (SSSR count). The third kappa shape index (κ3) is 5.23. The van der Waals surface area contributed by atoms with E-state index in [9.17, 15) is 22.8 Å². The lowest BCUT2D eigenvalue weighted by atomic mass is 10.1. The standard InChI is InChI=1S/C18H18F3N3O2/c1-2-22-16(25)11-23-17(26)14-8-3-4-9-15(14)24-13-7-5-6-12(10-13)18(19,20)21/h3-10,24H,2,11H2,1H3,(H,22,25)(H,23,26). The topological polar surface area (TPSA) is 70.2 Å². The highest BCUT2D eigenvalue weighted by Gasteiger charge is 2.30. The van der Waals surface area contributed by atoms with Crippen molar-refractivity contribution >= 4 is 23.2 Å². The lowest BCUT2D eigenvalue weighted by Crippen LogP contribution is -2.36. The largest absolute Gasteiger partial charge is 0.416 e. The molecule has 0 saturated carbocycles. The molecule has 138 valence electrons. The van der Waals surface area contributed by atoms with Crippen LogP contribution in [0.1, 0.15) is 22.8 Å². The summed E-state index contributed by atoms with van der Waals surface area (Å²) in [4.78, 5) is 23.7. The van der Waals surface area contributed by atoms with E-state index in [1.807, 2.05) is 0 Å². The number of likely N-dealkylation sites (N-methyl/N-ethyl adjacent to an activating group) is 1. The van der Waals surface area contributed by atoms with E-state index in [4.69, 9.17) is 0 Å². The molecule has 0 aliphatic rings. The third-order valence-electron chi connectivity index (χ3n) is 3.42. The SMILES string of the molecule is CCNC(=O)CNC(=O)c1ccccc1Nc1cccc(C(F)(F)F)c1. The summed E-state index contributed by atoms with van der Waals surface area (Å²) in [6, 6.07) is 11.0. The average molecular weight is 365 g/mol. The van der Waals surface area contributed by atoms with Gasteiger partial charge in [0.05, 0.1) is 23.4 Å². The van der Waals surface area contributed by atoms with Crippen LogP contribution in [0.4, 0.5) is 24.5 Å². The molecule has 0 atom stereocenters. The van der Waals surface area contributed by atoms with Gasteiger partial charge in [0, 0.05) is 12.2 Å². The lowest BCUT2D eigenvalue weighted by Gasteiger charge is -2.14. The van der Waals surface area contributed by atoms with E-state index in [0.29, 0.717) is 12.2 Å². The molecule has 0 bridgehead atoms. The fourth-order valence-electron chi connectivity index (χ4n) is 2.23. The van der Waals surface area contributed by atoms with E-state index in [-0.39, 0.29) is 23.7 Å². The van der Waals surface area contributed by atoms with E-state index in [2.05, 4.69) is 16.0 Å². The molecule has 0 unspecified atom stereocenters. The smallest absolute Gasteiger partial charge is 0.355 e. The predicted molar refractivity (Wildman–Crippen MR) is 92.2 cm³/mol. The quantitative estimate of drug-likeness (QED) is 0.736. The lowest BCUT2D eigenvalue weighted by molar-refractivity contribution is -0.137. The Morgan fingerprint density at radius 1 is 1.00 bits per heavy atom. The van der Waals surface area contributed by atoms with Gasteiger partial charge in [-0.15, -0.1) is 0 Å². The van der Waals surface area contributed by atoms with Crippen molar-refractivity contribution in [2.24, 2.45) is 0 Å². The number of alkyl halides is 3. The fraction of sp³-hybridized carbons (Fsp3) is 0.222. The van der Waals surface area contributed by atoms with Crippen molar-refractivity contribution in [1.82, 2.24) is 10.6 Å². The van der Waals surface area contributed by atoms with Crippen molar-refractivity contribution in [3.05, 3.63) is 59.7 Å². The number of carbonyl (C=O) groups is 2. The highest BCUT2D eigenvalue weighted by Crippen LogP contribution is 2.31. The fourth-order valence-corrected chi connectivity index (χ4v) is 2.23. The molecule has 0 aliphatic carbocycles. The second kappa shape index (κ2) is 8.37. The zero-order valence-electron chi connectivity index (χ0n) is 14.0. The minimum absolute atomic E-state index is 0.190. The Morgan fingerprint density at radius 3 is 2.42 bits per heavy atom. The number of para-hydroxylation sites is 1. The summed E-state index contributed by atoms with van der Waals surface area (Å²) in [5.41, 5.74) is -0.0427. The predicted octanol–water partition coefficient (Wildman–Crippen LogP) is 3.31. The van der Waals surface area contributed by atoms with Crippen molar-refractivity contribution in [2.75, 3.05) is 18.4 Å². The van der Waals surface area contributed by atoms with Gasteiger partial charge in [-0.3, -0.25) is 9.59 Å². The summed E-state index contributed by atoms with van der Waals surface area (Å²) in [7, 11) is 0. The summed E-state index contributed by atoms with van der Waals surface area (Å²) < 4.78 is 38.5. The Bertz CT molecular complexity index is 791. The van der Waals surface area contributed by atoms with E-state index >= 15 is 0 Å². The second-order valence-electron chi connectivity index (χ2n) is 5.39. The molecular formula is C18H18F3N3O2. The molecule has 26 heavy (non-hydrogen) atoms. The number of hydrogen-bond donors (Lipinski definition) is 3. The molecule has 8 heteroatoms. The zero-order chi connectivity index (χ0) is 19.2. The van der Waals surface area contributed by atoms with E-state index in [1.165, 1.54) is 18.2 Å². The first kappa shape index (κ1) is 19.3. The van der Waals surface area contributed by atoms with E-state index in [0.717, 1.165) is 12.1 Å². The minimum atomic E-state index is -4.46. The zero-order valence-corrected chi connectivity index (χ0v) is 14.0. The Hall–Kier alpha value is -3.03. The molecule has 0 aliphatic heterocycles. The van der Waals surface area contributed by atoms with Crippen LogP contribution in [0.25, 0.3) is 0 Å². The molecule has 0 aromatic heterocycles. The van der Waals surface area contributed by atoms with Crippen molar-refractivity contribution in [1.29, 1.82) is 0 Å². The summed E-state index contributed by atoms with van der Waals surface area (Å²) in [5.74, 6) is -0.838. The highest BCUT2D eigenvalue weighted by atomic mass is 19.4. The van der Waals surface area contributed by atoms with Crippen molar-refractivity contribution in [3.8, 4) is 0 Å². The van der Waals surface area contributed by atoms with E-state index in [1.54, 1.807) is 25.1 Å². The van der Waals surface area contributed by atoms with Gasteiger partial charge in [0.15, 0.2) is 0 Å². The van der Waals surface area contributed by atoms with Gasteiger partial charge in [-0.1, -0.05) is 18.2 Å². The van der Waals surface area contributed by atoms with Crippen LogP contribution >= 0.6 is 0 Å². The average Bonchev–Trinajstić information content (AvgIpc) is 2.60. The molecule has 0 heterocycles. The van der Waals surface area contributed by atoms with Crippen LogP contribution in [0.3, 0.4) is 0 Å². The summed E-state index contributed by atoms with van der Waals surface area (Å²) in [6.45, 7) is 2.01. The molecule has 0 fully saturated rings. The maximum atomic E-state index is 12.8. The molecule has 0 radical (unpaired) electrons. The molecule has 2 aromatic rings. The first-order chi connectivity index (χ1) is 12.3. The van der Waals surface area contributed by atoms with Crippen molar-refractivity contribution in [2.45, 2.75) is 13.1 Å². The summed E-state index contributed by atoms with van der Waals surface area (Å²) >= 11 is 0. The number of hydrogen-bond acceptors (Lipinski definition) is 3. The first-order valence-corrected chi connectivity index (χ1v) is 7.89. The second-order valence-corrected chi connectivity index (χ2v) is 5.39. The van der Waals surface area contributed by atoms with Crippen molar-refractivity contribution in [3.63, 3.8) is 0 Å². The number of amides is 2. The molecule has 0 saturated heterocycles. The van der Waals surface area contributed by atoms with Gasteiger partial charge >= 0.3 is 6.18 Å². The number of carbonyl (C=O) groups excluding carboxylic acids is 2. The van der Waals surface area contributed by atoms with Gasteiger partial charge in [0.1, 0.15) is 0 Å². The molecule has 5 nitrogen and oxygen atoms in total. The number of rotatable bonds is 6. The van der Waals surface area contributed by atoms with Crippen molar-refractivity contribution < 1.29 is 22.8 Å². The Kier molecular flexibility index (Phi) is 6.21. The van der Waals surface area contributed by atoms with Crippen LogP contribution < -0.4 is 16.0 Å². The van der Waals surface area contributed by atoms with E-state index < -0.39 is 17.6 Å². The Balaban J connectivity index is 2.16. The maximum absolute atomic E-state index is 12.8. The number of halogens is 3. The van der Waals surface area contributed by atoms with Gasteiger partial charge in [-0.2, -0.15) is 13.2 Å². The number of benzene rings is 2. The molecule has 0 spiro atoms. The third-order valence-corrected chi connectivity index (χ3v) is 3.42. The van der Waals surface area contributed by atoms with Gasteiger partial charge < -0.3 is 16.0 Å². The molecule has 3 N–H and O–H groups in total. The monoisotopic (exact) mass is 365 g/mol. The number of anilines is 2. The highest BCUT2D eigenvalue weighted by molar-refractivity contribution is 6.01. The van der Waals surface area contributed by atoms with Crippen LogP contribution in [-0.4, -0.2) is 24.9 Å². The van der Waals surface area contributed by atoms with Gasteiger partial charge in [0.25, 0.3) is 5.91 Å².